The van der Waals surface area contributed by atoms with Crippen molar-refractivity contribution in [3.63, 3.8) is 0 Å². The van der Waals surface area contributed by atoms with Crippen LogP contribution in [0.2, 0.25) is 0 Å². The van der Waals surface area contributed by atoms with Gasteiger partial charge in [-0.1, -0.05) is 30.3 Å². The van der Waals surface area contributed by atoms with Gasteiger partial charge in [0.2, 0.25) is 5.82 Å². The van der Waals surface area contributed by atoms with Gasteiger partial charge in [-0.25, -0.2) is 9.78 Å². The number of carbonyl (C=O) groups excluding carboxylic acids is 1. The molecular weight excluding hydrogens is 486 g/mol. The maximum atomic E-state index is 13.5. The molecule has 0 aliphatic carbocycles. The average Bonchev–Trinajstić information content (AvgIpc) is 3.37. The Balaban J connectivity index is 1.54. The number of hydrogen-bond acceptors (Lipinski definition) is 8. The molecule has 38 heavy (non-hydrogen) atoms. The van der Waals surface area contributed by atoms with Crippen LogP contribution >= 0.6 is 0 Å². The van der Waals surface area contributed by atoms with Gasteiger partial charge in [0.05, 0.1) is 30.8 Å². The summed E-state index contributed by atoms with van der Waals surface area (Å²) >= 11 is 0. The van der Waals surface area contributed by atoms with Crippen molar-refractivity contribution in [2.45, 2.75) is 20.0 Å². The van der Waals surface area contributed by atoms with Crippen molar-refractivity contribution >= 4 is 34.1 Å². The summed E-state index contributed by atoms with van der Waals surface area (Å²) in [5.74, 6) is 0.989. The zero-order chi connectivity index (χ0) is 26.6. The Bertz CT molecular complexity index is 1690. The monoisotopic (exact) mass is 511 g/mol. The van der Waals surface area contributed by atoms with E-state index in [0.29, 0.717) is 39.3 Å². The first-order valence-electron chi connectivity index (χ1n) is 12.0. The lowest BCUT2D eigenvalue weighted by Crippen LogP contribution is -2.26. The molecule has 0 spiro atoms. The standard InChI is InChI=1S/C29H25N3O6/c1-4-36-29(34)18(2)37-24-14-13-19(15-25(24)35-3)17-30-32-27(26-16-20-9-5-8-12-23(20)38-26)31-22-11-7-6-10-21(22)28(32)33/h5-18H,4H2,1-3H3/t18-/m0/s1. The van der Waals surface area contributed by atoms with Gasteiger partial charge in [-0.15, -0.1) is 0 Å². The van der Waals surface area contributed by atoms with Gasteiger partial charge in [0.25, 0.3) is 5.56 Å². The fourth-order valence-electron chi connectivity index (χ4n) is 3.97. The largest absolute Gasteiger partial charge is 0.493 e. The maximum Gasteiger partial charge on any atom is 0.347 e. The SMILES string of the molecule is CCOC(=O)[C@H](C)Oc1ccc(C=Nn2c(-c3cc4ccccc4o3)nc3ccccc3c2=O)cc1OC. The van der Waals surface area contributed by atoms with Crippen LogP contribution in [0.15, 0.2) is 87.1 Å². The highest BCUT2D eigenvalue weighted by atomic mass is 16.6. The maximum absolute atomic E-state index is 13.5. The van der Waals surface area contributed by atoms with E-state index in [2.05, 4.69) is 5.10 Å². The molecule has 0 fully saturated rings. The lowest BCUT2D eigenvalue weighted by Gasteiger charge is -2.16. The number of furan rings is 1. The summed E-state index contributed by atoms with van der Waals surface area (Å²) in [6.07, 6.45) is 0.711. The Morgan fingerprint density at radius 2 is 1.87 bits per heavy atom. The van der Waals surface area contributed by atoms with Crippen molar-refractivity contribution in [1.82, 2.24) is 9.66 Å². The number of esters is 1. The molecule has 0 saturated heterocycles. The van der Waals surface area contributed by atoms with Crippen LogP contribution in [0.4, 0.5) is 0 Å². The molecule has 0 radical (unpaired) electrons. The molecule has 192 valence electrons. The van der Waals surface area contributed by atoms with Crippen LogP contribution < -0.4 is 15.0 Å². The summed E-state index contributed by atoms with van der Waals surface area (Å²) < 4.78 is 23.4. The smallest absolute Gasteiger partial charge is 0.347 e. The Labute approximate surface area is 217 Å². The predicted octanol–water partition coefficient (Wildman–Crippen LogP) is 5.03. The molecule has 3 aromatic carbocycles. The number of rotatable bonds is 8. The van der Waals surface area contributed by atoms with E-state index in [9.17, 15) is 9.59 Å². The minimum absolute atomic E-state index is 0.262. The van der Waals surface area contributed by atoms with Gasteiger partial charge < -0.3 is 18.6 Å². The van der Waals surface area contributed by atoms with Crippen molar-refractivity contribution in [2.24, 2.45) is 5.10 Å². The fourth-order valence-corrected chi connectivity index (χ4v) is 3.97. The molecule has 0 saturated carbocycles. The molecule has 5 rings (SSSR count). The quantitative estimate of drug-likeness (QED) is 0.212. The summed E-state index contributed by atoms with van der Waals surface area (Å²) in [6.45, 7) is 3.60. The van der Waals surface area contributed by atoms with Gasteiger partial charge in [-0.3, -0.25) is 4.79 Å². The Morgan fingerprint density at radius 1 is 1.08 bits per heavy atom. The number of benzene rings is 3. The van der Waals surface area contributed by atoms with E-state index in [1.807, 2.05) is 36.4 Å². The van der Waals surface area contributed by atoms with E-state index in [-0.39, 0.29) is 18.0 Å². The molecule has 2 aromatic heterocycles. The topological polar surface area (TPSA) is 105 Å². The second kappa shape index (κ2) is 10.6. The molecular formula is C29H25N3O6. The Morgan fingerprint density at radius 3 is 2.66 bits per heavy atom. The average molecular weight is 512 g/mol. The van der Waals surface area contributed by atoms with Crippen molar-refractivity contribution in [1.29, 1.82) is 0 Å². The Hall–Kier alpha value is -4.92. The lowest BCUT2D eigenvalue weighted by atomic mass is 10.2. The highest BCUT2D eigenvalue weighted by molar-refractivity contribution is 5.85. The number of methoxy groups -OCH3 is 1. The van der Waals surface area contributed by atoms with E-state index in [1.165, 1.54) is 18.0 Å². The molecule has 0 aliphatic rings. The highest BCUT2D eigenvalue weighted by Gasteiger charge is 2.19. The fraction of sp³-hybridized carbons (Fsp3) is 0.172. The number of carbonyl (C=O) groups is 1. The zero-order valence-corrected chi connectivity index (χ0v) is 21.1. The van der Waals surface area contributed by atoms with E-state index in [0.717, 1.165) is 5.39 Å². The van der Waals surface area contributed by atoms with Gasteiger partial charge >= 0.3 is 5.97 Å². The summed E-state index contributed by atoms with van der Waals surface area (Å²) in [7, 11) is 1.50. The molecule has 0 amide bonds. The molecule has 0 aliphatic heterocycles. The summed E-state index contributed by atoms with van der Waals surface area (Å²) in [6, 6.07) is 21.6. The van der Waals surface area contributed by atoms with E-state index in [4.69, 9.17) is 23.6 Å². The van der Waals surface area contributed by atoms with Gasteiger partial charge in [-0.2, -0.15) is 9.78 Å². The molecule has 9 heteroatoms. The van der Waals surface area contributed by atoms with Gasteiger partial charge in [0.15, 0.2) is 23.4 Å². The van der Waals surface area contributed by atoms with Crippen LogP contribution in [0.1, 0.15) is 19.4 Å². The molecule has 0 bridgehead atoms. The van der Waals surface area contributed by atoms with Gasteiger partial charge in [-0.05, 0) is 61.9 Å². The second-order valence-corrected chi connectivity index (χ2v) is 8.38. The second-order valence-electron chi connectivity index (χ2n) is 8.38. The summed E-state index contributed by atoms with van der Waals surface area (Å²) in [5, 5.41) is 5.79. The molecule has 1 atom stereocenters. The van der Waals surface area contributed by atoms with E-state index < -0.39 is 12.1 Å². The highest BCUT2D eigenvalue weighted by Crippen LogP contribution is 2.29. The minimum atomic E-state index is -0.808. The number of fused-ring (bicyclic) bond motifs is 2. The molecule has 5 aromatic rings. The third-order valence-corrected chi connectivity index (χ3v) is 5.83. The van der Waals surface area contributed by atoms with Crippen LogP contribution in [0.3, 0.4) is 0 Å². The van der Waals surface area contributed by atoms with Crippen LogP contribution in [0.5, 0.6) is 11.5 Å². The van der Waals surface area contributed by atoms with E-state index in [1.54, 1.807) is 50.2 Å². The number of aromatic nitrogens is 2. The number of hydrogen-bond donors (Lipinski definition) is 0. The van der Waals surface area contributed by atoms with E-state index >= 15 is 0 Å². The first-order valence-corrected chi connectivity index (χ1v) is 12.0. The third-order valence-electron chi connectivity index (χ3n) is 5.83. The third kappa shape index (κ3) is 4.86. The van der Waals surface area contributed by atoms with Gasteiger partial charge in [0, 0.05) is 5.39 Å². The Kier molecular flexibility index (Phi) is 6.90. The summed E-state index contributed by atoms with van der Waals surface area (Å²) in [5.41, 5.74) is 1.52. The van der Waals surface area contributed by atoms with Crippen molar-refractivity contribution in [2.75, 3.05) is 13.7 Å². The zero-order valence-electron chi connectivity index (χ0n) is 21.1. The molecule has 9 nitrogen and oxygen atoms in total. The summed E-state index contributed by atoms with van der Waals surface area (Å²) in [4.78, 5) is 30.1. The molecule has 0 unspecified atom stereocenters. The van der Waals surface area contributed by atoms with Crippen LogP contribution in [0.25, 0.3) is 33.5 Å². The van der Waals surface area contributed by atoms with Crippen LogP contribution in [-0.4, -0.2) is 41.7 Å². The van der Waals surface area contributed by atoms with Crippen molar-refractivity contribution in [3.05, 3.63) is 88.7 Å². The number of ether oxygens (including phenoxy) is 3. The molecule has 2 heterocycles. The first kappa shape index (κ1) is 24.8. The van der Waals surface area contributed by atoms with Crippen molar-refractivity contribution < 1.29 is 23.4 Å². The number of para-hydroxylation sites is 2. The van der Waals surface area contributed by atoms with Gasteiger partial charge in [0.1, 0.15) is 5.58 Å². The number of nitrogens with zero attached hydrogens (tertiary/aromatic N) is 3. The first-order chi connectivity index (χ1) is 18.5. The normalized spacial score (nSPS) is 12.2. The predicted molar refractivity (Wildman–Crippen MR) is 144 cm³/mol. The minimum Gasteiger partial charge on any atom is -0.493 e. The van der Waals surface area contributed by atoms with Crippen LogP contribution in [-0.2, 0) is 9.53 Å². The van der Waals surface area contributed by atoms with Crippen LogP contribution in [0, 0.1) is 0 Å². The molecule has 0 N–H and O–H groups in total. The van der Waals surface area contributed by atoms with Crippen molar-refractivity contribution in [3.8, 4) is 23.1 Å². The lowest BCUT2D eigenvalue weighted by molar-refractivity contribution is -0.150.